The molecule has 1 aromatic carbocycles. The van der Waals surface area contributed by atoms with E-state index < -0.39 is 0 Å². The number of aromatic nitrogens is 2. The Balaban J connectivity index is 1.66. The van der Waals surface area contributed by atoms with Gasteiger partial charge in [0.05, 0.1) is 0 Å². The summed E-state index contributed by atoms with van der Waals surface area (Å²) in [6.45, 7) is 9.07. The minimum atomic E-state index is -0.159. The number of amides is 2. The van der Waals surface area contributed by atoms with Crippen molar-refractivity contribution in [2.75, 3.05) is 38.5 Å². The van der Waals surface area contributed by atoms with Gasteiger partial charge in [0.25, 0.3) is 5.91 Å². The molecule has 0 atom stereocenters. The maximum atomic E-state index is 12.7. The van der Waals surface area contributed by atoms with Crippen LogP contribution in [0.15, 0.2) is 24.3 Å². The first-order valence-electron chi connectivity index (χ1n) is 9.23. The molecule has 1 saturated heterocycles. The molecule has 1 aliphatic heterocycles. The molecule has 1 fully saturated rings. The smallest absolute Gasteiger partial charge is 0.274 e. The van der Waals surface area contributed by atoms with E-state index in [1.165, 1.54) is 0 Å². The van der Waals surface area contributed by atoms with Gasteiger partial charge in [-0.15, -0.1) is 0 Å². The summed E-state index contributed by atoms with van der Waals surface area (Å²) in [6, 6.07) is 7.58. The zero-order valence-electron chi connectivity index (χ0n) is 16.5. The number of carbonyl (C=O) groups excluding carboxylic acids is 2. The Kier molecular flexibility index (Phi) is 5.60. The topological polar surface area (TPSA) is 70.5 Å². The normalized spacial score (nSPS) is 15.0. The third-order valence-electron chi connectivity index (χ3n) is 5.16. The number of hydrogen-bond acceptors (Lipinski definition) is 4. The molecule has 1 aliphatic rings. The second kappa shape index (κ2) is 7.92. The summed E-state index contributed by atoms with van der Waals surface area (Å²) in [7, 11) is 2.05. The maximum Gasteiger partial charge on any atom is 0.274 e. The summed E-state index contributed by atoms with van der Waals surface area (Å²) in [5.41, 5.74) is 4.18. The Hall–Kier alpha value is -2.67. The number of nitrogens with zero attached hydrogens (tertiary/aromatic N) is 4. The van der Waals surface area contributed by atoms with E-state index in [0.29, 0.717) is 18.8 Å². The molecule has 2 aromatic rings. The first-order valence-corrected chi connectivity index (χ1v) is 9.23. The number of aryl methyl sites for hydroxylation is 2. The van der Waals surface area contributed by atoms with Crippen molar-refractivity contribution < 1.29 is 9.59 Å². The van der Waals surface area contributed by atoms with E-state index in [1.807, 2.05) is 43.9 Å². The van der Waals surface area contributed by atoms with Crippen LogP contribution in [0.2, 0.25) is 0 Å². The fraction of sp³-hybridized carbons (Fsp3) is 0.450. The van der Waals surface area contributed by atoms with Gasteiger partial charge >= 0.3 is 0 Å². The predicted molar refractivity (Wildman–Crippen MR) is 105 cm³/mol. The standard InChI is InChI=1S/C20H27N5O2/c1-14-6-5-7-17(16(14)3)21-19(26)13-25-15(2)12-18(22-25)20(27)24-10-8-23(4)9-11-24/h5-7,12H,8-11,13H2,1-4H3,(H,21,26). The molecule has 7 nitrogen and oxygen atoms in total. The lowest BCUT2D eigenvalue weighted by atomic mass is 10.1. The van der Waals surface area contributed by atoms with Crippen LogP contribution < -0.4 is 5.32 Å². The Morgan fingerprint density at radius 3 is 2.52 bits per heavy atom. The van der Waals surface area contributed by atoms with Crippen molar-refractivity contribution >= 4 is 17.5 Å². The molecular weight excluding hydrogens is 342 g/mol. The Morgan fingerprint density at radius 1 is 1.11 bits per heavy atom. The van der Waals surface area contributed by atoms with E-state index in [0.717, 1.165) is 35.6 Å². The molecule has 144 valence electrons. The molecular formula is C20H27N5O2. The first-order chi connectivity index (χ1) is 12.8. The highest BCUT2D eigenvalue weighted by Gasteiger charge is 2.23. The van der Waals surface area contributed by atoms with Crippen LogP contribution in [-0.2, 0) is 11.3 Å². The van der Waals surface area contributed by atoms with Crippen LogP contribution in [-0.4, -0.2) is 64.6 Å². The summed E-state index contributed by atoms with van der Waals surface area (Å²) in [5.74, 6) is -0.228. The number of piperazine rings is 1. The lowest BCUT2D eigenvalue weighted by molar-refractivity contribution is -0.116. The van der Waals surface area contributed by atoms with Gasteiger partial charge in [0, 0.05) is 37.6 Å². The van der Waals surface area contributed by atoms with Gasteiger partial charge in [-0.05, 0) is 51.1 Å². The molecule has 1 aromatic heterocycles. The van der Waals surface area contributed by atoms with E-state index in [2.05, 4.69) is 22.4 Å². The third-order valence-corrected chi connectivity index (χ3v) is 5.16. The Bertz CT molecular complexity index is 850. The third kappa shape index (κ3) is 4.36. The highest BCUT2D eigenvalue weighted by atomic mass is 16.2. The van der Waals surface area contributed by atoms with E-state index >= 15 is 0 Å². The van der Waals surface area contributed by atoms with Gasteiger partial charge in [0.15, 0.2) is 5.69 Å². The van der Waals surface area contributed by atoms with Crippen LogP contribution in [0.25, 0.3) is 0 Å². The fourth-order valence-electron chi connectivity index (χ4n) is 3.16. The number of anilines is 1. The summed E-state index contributed by atoms with van der Waals surface area (Å²) in [4.78, 5) is 29.1. The quantitative estimate of drug-likeness (QED) is 0.893. The molecule has 1 N–H and O–H groups in total. The summed E-state index contributed by atoms with van der Waals surface area (Å²) in [5, 5.41) is 7.31. The summed E-state index contributed by atoms with van der Waals surface area (Å²) >= 11 is 0. The average molecular weight is 369 g/mol. The van der Waals surface area contributed by atoms with Gasteiger partial charge in [-0.3, -0.25) is 14.3 Å². The van der Waals surface area contributed by atoms with Gasteiger partial charge < -0.3 is 15.1 Å². The highest BCUT2D eigenvalue weighted by Crippen LogP contribution is 2.18. The number of hydrogen-bond donors (Lipinski definition) is 1. The molecule has 7 heteroatoms. The first kappa shape index (κ1) is 19.1. The number of carbonyl (C=O) groups is 2. The van der Waals surface area contributed by atoms with E-state index in [4.69, 9.17) is 0 Å². The number of nitrogens with one attached hydrogen (secondary N) is 1. The number of likely N-dealkylation sites (N-methyl/N-ethyl adjacent to an activating group) is 1. The van der Waals surface area contributed by atoms with E-state index in [9.17, 15) is 9.59 Å². The van der Waals surface area contributed by atoms with Gasteiger partial charge in [-0.2, -0.15) is 5.10 Å². The van der Waals surface area contributed by atoms with Crippen LogP contribution in [0.3, 0.4) is 0 Å². The van der Waals surface area contributed by atoms with Crippen molar-refractivity contribution in [3.8, 4) is 0 Å². The van der Waals surface area contributed by atoms with Gasteiger partial charge in [-0.1, -0.05) is 12.1 Å². The second-order valence-electron chi connectivity index (χ2n) is 7.22. The van der Waals surface area contributed by atoms with E-state index in [1.54, 1.807) is 10.7 Å². The molecule has 0 spiro atoms. The zero-order chi connectivity index (χ0) is 19.6. The second-order valence-corrected chi connectivity index (χ2v) is 7.22. The minimum Gasteiger partial charge on any atom is -0.335 e. The van der Waals surface area contributed by atoms with Crippen LogP contribution in [0.4, 0.5) is 5.69 Å². The molecule has 0 unspecified atom stereocenters. The van der Waals surface area contributed by atoms with Crippen LogP contribution in [0.1, 0.15) is 27.3 Å². The van der Waals surface area contributed by atoms with Crippen molar-refractivity contribution in [2.45, 2.75) is 27.3 Å². The number of rotatable bonds is 4. The zero-order valence-corrected chi connectivity index (χ0v) is 16.5. The molecule has 2 amide bonds. The highest BCUT2D eigenvalue weighted by molar-refractivity contribution is 5.93. The van der Waals surface area contributed by atoms with Crippen molar-refractivity contribution in [2.24, 2.45) is 0 Å². The Labute approximate surface area is 159 Å². The van der Waals surface area contributed by atoms with Gasteiger partial charge in [-0.25, -0.2) is 0 Å². The monoisotopic (exact) mass is 369 g/mol. The van der Waals surface area contributed by atoms with Crippen molar-refractivity contribution in [1.29, 1.82) is 0 Å². The molecule has 0 aliphatic carbocycles. The van der Waals surface area contributed by atoms with Crippen molar-refractivity contribution in [3.63, 3.8) is 0 Å². The molecule has 0 bridgehead atoms. The minimum absolute atomic E-state index is 0.0695. The molecule has 3 rings (SSSR count). The molecule has 2 heterocycles. The predicted octanol–water partition coefficient (Wildman–Crippen LogP) is 1.83. The average Bonchev–Trinajstić information content (AvgIpc) is 2.99. The van der Waals surface area contributed by atoms with Crippen LogP contribution in [0.5, 0.6) is 0 Å². The van der Waals surface area contributed by atoms with Crippen molar-refractivity contribution in [3.05, 3.63) is 46.8 Å². The largest absolute Gasteiger partial charge is 0.335 e. The summed E-state index contributed by atoms with van der Waals surface area (Å²) < 4.78 is 1.59. The fourth-order valence-corrected chi connectivity index (χ4v) is 3.16. The summed E-state index contributed by atoms with van der Waals surface area (Å²) in [6.07, 6.45) is 0. The van der Waals surface area contributed by atoms with Crippen molar-refractivity contribution in [1.82, 2.24) is 19.6 Å². The maximum absolute atomic E-state index is 12.7. The molecule has 0 saturated carbocycles. The van der Waals surface area contributed by atoms with Gasteiger partial charge in [0.1, 0.15) is 6.54 Å². The lowest BCUT2D eigenvalue weighted by Gasteiger charge is -2.31. The molecule has 27 heavy (non-hydrogen) atoms. The van der Waals surface area contributed by atoms with Crippen LogP contribution in [0, 0.1) is 20.8 Å². The molecule has 0 radical (unpaired) electrons. The lowest BCUT2D eigenvalue weighted by Crippen LogP contribution is -2.47. The SMILES string of the molecule is Cc1cccc(NC(=O)Cn2nc(C(=O)N3CCN(C)CC3)cc2C)c1C. The number of benzene rings is 1. The van der Waals surface area contributed by atoms with E-state index in [-0.39, 0.29) is 18.4 Å². The Morgan fingerprint density at radius 2 is 1.81 bits per heavy atom. The van der Waals surface area contributed by atoms with Gasteiger partial charge in [0.2, 0.25) is 5.91 Å². The van der Waals surface area contributed by atoms with Crippen LogP contribution >= 0.6 is 0 Å².